The van der Waals surface area contributed by atoms with Crippen molar-refractivity contribution in [1.29, 1.82) is 0 Å². The van der Waals surface area contributed by atoms with Crippen molar-refractivity contribution in [2.45, 2.75) is 13.8 Å². The third-order valence-electron chi connectivity index (χ3n) is 3.01. The molecule has 0 bridgehead atoms. The van der Waals surface area contributed by atoms with Crippen LogP contribution < -0.4 is 4.74 Å². The molecular weight excluding hydrogens is 262 g/mol. The van der Waals surface area contributed by atoms with Gasteiger partial charge in [-0.2, -0.15) is 0 Å². The molecule has 0 spiro atoms. The number of benzene rings is 1. The lowest BCUT2D eigenvalue weighted by atomic mass is 10.1. The minimum absolute atomic E-state index is 0.204. The summed E-state index contributed by atoms with van der Waals surface area (Å²) in [6.45, 7) is 4.04. The minimum atomic E-state index is -0.210. The average molecular weight is 277 g/mol. The Morgan fingerprint density at radius 2 is 2.11 bits per heavy atom. The Labute approximate surface area is 116 Å². The Morgan fingerprint density at radius 1 is 1.37 bits per heavy atom. The average Bonchev–Trinajstić information content (AvgIpc) is 2.72. The zero-order valence-corrected chi connectivity index (χ0v) is 11.9. The first-order chi connectivity index (χ1) is 9.08. The van der Waals surface area contributed by atoms with Gasteiger partial charge in [-0.1, -0.05) is 12.1 Å². The van der Waals surface area contributed by atoms with Gasteiger partial charge >= 0.3 is 0 Å². The maximum Gasteiger partial charge on any atom is 0.293 e. The fourth-order valence-corrected chi connectivity index (χ4v) is 2.85. The molecule has 1 aromatic carbocycles. The first-order valence-corrected chi connectivity index (χ1v) is 6.79. The van der Waals surface area contributed by atoms with E-state index in [0.29, 0.717) is 11.4 Å². The van der Waals surface area contributed by atoms with Crippen molar-refractivity contribution in [3.8, 4) is 5.75 Å². The van der Waals surface area contributed by atoms with Gasteiger partial charge in [0.2, 0.25) is 0 Å². The van der Waals surface area contributed by atoms with Crippen molar-refractivity contribution in [2.75, 3.05) is 13.7 Å². The molecule has 0 radical (unpaired) electrons. The van der Waals surface area contributed by atoms with E-state index in [0.717, 1.165) is 28.6 Å². The topological polar surface area (TPSA) is 46.6 Å². The number of methoxy groups -OCH3 is 1. The van der Waals surface area contributed by atoms with Crippen LogP contribution in [0.5, 0.6) is 5.75 Å². The van der Waals surface area contributed by atoms with Crippen LogP contribution in [0.1, 0.15) is 19.4 Å². The summed E-state index contributed by atoms with van der Waals surface area (Å²) in [6.07, 6.45) is 0. The van der Waals surface area contributed by atoms with E-state index in [-0.39, 0.29) is 11.1 Å². The molecule has 2 amide bonds. The van der Waals surface area contributed by atoms with Gasteiger partial charge in [0.1, 0.15) is 5.75 Å². The van der Waals surface area contributed by atoms with Crippen LogP contribution in [0.25, 0.3) is 5.57 Å². The molecule has 1 aliphatic rings. The van der Waals surface area contributed by atoms with Gasteiger partial charge in [-0.25, -0.2) is 0 Å². The lowest BCUT2D eigenvalue weighted by Crippen LogP contribution is -2.27. The summed E-state index contributed by atoms with van der Waals surface area (Å²) in [5, 5.41) is -0.204. The number of ether oxygens (including phenoxy) is 1. The molecule has 0 atom stereocenters. The van der Waals surface area contributed by atoms with E-state index in [1.807, 2.05) is 31.2 Å². The van der Waals surface area contributed by atoms with Crippen molar-refractivity contribution in [1.82, 2.24) is 4.90 Å². The van der Waals surface area contributed by atoms with E-state index in [1.165, 1.54) is 4.90 Å². The second kappa shape index (κ2) is 5.48. The molecule has 0 aromatic heterocycles. The second-order valence-electron chi connectivity index (χ2n) is 4.10. The third-order valence-corrected chi connectivity index (χ3v) is 4.09. The van der Waals surface area contributed by atoms with Crippen LogP contribution in [0.2, 0.25) is 0 Å². The quantitative estimate of drug-likeness (QED) is 0.796. The van der Waals surface area contributed by atoms with Gasteiger partial charge in [0.05, 0.1) is 12.0 Å². The summed E-state index contributed by atoms with van der Waals surface area (Å²) in [7, 11) is 1.60. The molecule has 0 N–H and O–H groups in total. The SMILES string of the molecule is CCN1C(=O)S/C(=C(/C)c2cccc(OC)c2)C1=O. The molecular formula is C14H15NO3S. The van der Waals surface area contributed by atoms with E-state index < -0.39 is 0 Å². The fourth-order valence-electron chi connectivity index (χ4n) is 1.89. The Hall–Kier alpha value is -1.75. The van der Waals surface area contributed by atoms with Crippen LogP contribution in [0, 0.1) is 0 Å². The van der Waals surface area contributed by atoms with Crippen LogP contribution in [-0.4, -0.2) is 29.7 Å². The highest BCUT2D eigenvalue weighted by Gasteiger charge is 2.35. The highest BCUT2D eigenvalue weighted by atomic mass is 32.2. The molecule has 1 fully saturated rings. The zero-order valence-electron chi connectivity index (χ0n) is 11.1. The summed E-state index contributed by atoms with van der Waals surface area (Å²) in [6, 6.07) is 7.46. The van der Waals surface area contributed by atoms with E-state index >= 15 is 0 Å². The molecule has 1 heterocycles. The fraction of sp³-hybridized carbons (Fsp3) is 0.286. The summed E-state index contributed by atoms with van der Waals surface area (Å²) in [4.78, 5) is 25.6. The van der Waals surface area contributed by atoms with E-state index in [1.54, 1.807) is 14.0 Å². The molecule has 0 aliphatic carbocycles. The highest BCUT2D eigenvalue weighted by Crippen LogP contribution is 2.36. The summed E-state index contributed by atoms with van der Waals surface area (Å²) in [5.74, 6) is 0.518. The predicted molar refractivity (Wildman–Crippen MR) is 76.0 cm³/mol. The number of amides is 2. The minimum Gasteiger partial charge on any atom is -0.497 e. The highest BCUT2D eigenvalue weighted by molar-refractivity contribution is 8.18. The number of carbonyl (C=O) groups is 2. The maximum atomic E-state index is 12.1. The number of hydrogen-bond donors (Lipinski definition) is 0. The molecule has 2 rings (SSSR count). The van der Waals surface area contributed by atoms with Crippen molar-refractivity contribution in [3.05, 3.63) is 34.7 Å². The number of carbonyl (C=O) groups excluding carboxylic acids is 2. The van der Waals surface area contributed by atoms with Crippen molar-refractivity contribution < 1.29 is 14.3 Å². The second-order valence-corrected chi connectivity index (χ2v) is 5.07. The Morgan fingerprint density at radius 3 is 2.68 bits per heavy atom. The molecule has 5 heteroatoms. The van der Waals surface area contributed by atoms with Crippen LogP contribution in [0.4, 0.5) is 4.79 Å². The van der Waals surface area contributed by atoms with E-state index in [2.05, 4.69) is 0 Å². The number of allylic oxidation sites excluding steroid dienone is 1. The molecule has 1 saturated heterocycles. The smallest absolute Gasteiger partial charge is 0.293 e. The van der Waals surface area contributed by atoms with Crippen LogP contribution in [0.3, 0.4) is 0 Å². The number of nitrogens with zero attached hydrogens (tertiary/aromatic N) is 1. The van der Waals surface area contributed by atoms with Gasteiger partial charge in [-0.05, 0) is 48.9 Å². The third kappa shape index (κ3) is 2.51. The normalized spacial score (nSPS) is 17.9. The molecule has 0 unspecified atom stereocenters. The van der Waals surface area contributed by atoms with Gasteiger partial charge in [0.15, 0.2) is 0 Å². The number of rotatable bonds is 3. The molecule has 0 saturated carbocycles. The van der Waals surface area contributed by atoms with Gasteiger partial charge in [0.25, 0.3) is 11.1 Å². The van der Waals surface area contributed by atoms with Crippen molar-refractivity contribution in [2.24, 2.45) is 0 Å². The number of imide groups is 1. The lowest BCUT2D eigenvalue weighted by molar-refractivity contribution is -0.122. The number of hydrogen-bond acceptors (Lipinski definition) is 4. The molecule has 4 nitrogen and oxygen atoms in total. The maximum absolute atomic E-state index is 12.1. The van der Waals surface area contributed by atoms with Crippen LogP contribution in [0.15, 0.2) is 29.2 Å². The van der Waals surface area contributed by atoms with Crippen LogP contribution in [-0.2, 0) is 4.79 Å². The molecule has 100 valence electrons. The van der Waals surface area contributed by atoms with Gasteiger partial charge in [0, 0.05) is 6.54 Å². The number of likely N-dealkylation sites (N-methyl/N-ethyl adjacent to an activating group) is 1. The molecule has 19 heavy (non-hydrogen) atoms. The summed E-state index contributed by atoms with van der Waals surface area (Å²) in [5.41, 5.74) is 1.69. The largest absolute Gasteiger partial charge is 0.497 e. The van der Waals surface area contributed by atoms with Crippen molar-refractivity contribution >= 4 is 28.5 Å². The Balaban J connectivity index is 2.42. The van der Waals surface area contributed by atoms with E-state index in [4.69, 9.17) is 4.74 Å². The number of thioether (sulfide) groups is 1. The summed E-state index contributed by atoms with van der Waals surface area (Å²) < 4.78 is 5.17. The zero-order chi connectivity index (χ0) is 14.0. The Bertz CT molecular complexity index is 566. The predicted octanol–water partition coefficient (Wildman–Crippen LogP) is 3.14. The standard InChI is InChI=1S/C14H15NO3S/c1-4-15-13(16)12(19-14(15)17)9(2)10-6-5-7-11(8-10)18-3/h5-8H,4H2,1-3H3/b12-9-. The monoisotopic (exact) mass is 277 g/mol. The first kappa shape index (κ1) is 13.7. The van der Waals surface area contributed by atoms with Gasteiger partial charge in [-0.3, -0.25) is 14.5 Å². The molecule has 1 aliphatic heterocycles. The van der Waals surface area contributed by atoms with E-state index in [9.17, 15) is 9.59 Å². The van der Waals surface area contributed by atoms with Crippen molar-refractivity contribution in [3.63, 3.8) is 0 Å². The lowest BCUT2D eigenvalue weighted by Gasteiger charge is -2.09. The molecule has 1 aromatic rings. The van der Waals surface area contributed by atoms with Crippen LogP contribution >= 0.6 is 11.8 Å². The Kier molecular flexibility index (Phi) is 3.95. The van der Waals surface area contributed by atoms with Gasteiger partial charge < -0.3 is 4.74 Å². The summed E-state index contributed by atoms with van der Waals surface area (Å²) >= 11 is 0.999. The van der Waals surface area contributed by atoms with Gasteiger partial charge in [-0.15, -0.1) is 0 Å². The first-order valence-electron chi connectivity index (χ1n) is 5.97.